The van der Waals surface area contributed by atoms with Crippen molar-refractivity contribution in [3.8, 4) is 73.2 Å². The van der Waals surface area contributed by atoms with Gasteiger partial charge in [0.1, 0.15) is 0 Å². The summed E-state index contributed by atoms with van der Waals surface area (Å²) in [6.45, 7) is 6.61. The summed E-state index contributed by atoms with van der Waals surface area (Å²) in [6, 6.07) is 92.6. The minimum Gasteiger partial charge on any atom is -0.309 e. The second-order valence-electron chi connectivity index (χ2n) is 20.8. The molecule has 0 atom stereocenters. The molecule has 0 unspecified atom stereocenters. The van der Waals surface area contributed by atoms with Gasteiger partial charge >= 0.3 is 0 Å². The average molecular weight is 998 g/mol. The van der Waals surface area contributed by atoms with Crippen LogP contribution in [-0.2, 0) is 0 Å². The fourth-order valence-electron chi connectivity index (χ4n) is 12.1. The Morgan fingerprint density at radius 3 is 1.15 bits per heavy atom. The lowest BCUT2D eigenvalue weighted by Crippen LogP contribution is -1.99. The normalized spacial score (nSPS) is 11.8. The second-order valence-corrected chi connectivity index (χ2v) is 20.8. The van der Waals surface area contributed by atoms with Crippen LogP contribution in [0.5, 0.6) is 0 Å². The molecule has 0 aliphatic carbocycles. The molecular weight excluding hydrogens is 947 g/mol. The predicted octanol–water partition coefficient (Wildman–Crippen LogP) is 19.0. The summed E-state index contributed by atoms with van der Waals surface area (Å²) < 4.78 is 7.35. The number of rotatable bonds is 8. The molecule has 11 aromatic carbocycles. The first kappa shape index (κ1) is 45.3. The highest BCUT2D eigenvalue weighted by molar-refractivity contribution is 6.14. The van der Waals surface area contributed by atoms with Crippen molar-refractivity contribution in [2.45, 2.75) is 20.8 Å². The molecule has 5 heteroatoms. The highest BCUT2D eigenvalue weighted by Gasteiger charge is 2.21. The van der Waals surface area contributed by atoms with E-state index in [0.29, 0.717) is 5.82 Å². The summed E-state index contributed by atoms with van der Waals surface area (Å²) in [4.78, 5) is 10.0. The van der Waals surface area contributed by atoms with Gasteiger partial charge in [-0.3, -0.25) is 0 Å². The van der Waals surface area contributed by atoms with Gasteiger partial charge in [0, 0.05) is 66.1 Å². The fourth-order valence-corrected chi connectivity index (χ4v) is 12.1. The van der Waals surface area contributed by atoms with Gasteiger partial charge in [-0.25, -0.2) is 9.97 Å². The number of hydrogen-bond acceptors (Lipinski definition) is 2. The van der Waals surface area contributed by atoms with Crippen LogP contribution in [0.3, 0.4) is 0 Å². The first-order valence-electron chi connectivity index (χ1n) is 26.8. The van der Waals surface area contributed by atoms with Gasteiger partial charge in [-0.05, 0) is 140 Å². The maximum absolute atomic E-state index is 5.06. The summed E-state index contributed by atoms with van der Waals surface area (Å²) in [5, 5.41) is 7.47. The Balaban J connectivity index is 0.808. The van der Waals surface area contributed by atoms with Gasteiger partial charge in [-0.15, -0.1) is 0 Å². The number of aromatic nitrogens is 5. The Hall–Kier alpha value is -10.1. The fraction of sp³-hybridized carbons (Fsp3) is 0.0411. The molecule has 0 aliphatic heterocycles. The molecule has 0 N–H and O–H groups in total. The van der Waals surface area contributed by atoms with E-state index in [1.54, 1.807) is 0 Å². The van der Waals surface area contributed by atoms with E-state index in [0.717, 1.165) is 56.3 Å². The number of nitrogens with zero attached hydrogens (tertiary/aromatic N) is 5. The SMILES string of the molecule is Cc1ccc2c(c1)c1ccccc1n2-c1ccc2c(c1)c1cc(-n3c4ccccc4c4cc(C)ccc43)ccc1n2-c1ccc(-c2ccc(-c3ccc(-c4cc(-c5ccccc5)nc(-c5ccccc5)n4)cc3)cc2)cc1C. The molecule has 4 aromatic heterocycles. The molecule has 78 heavy (non-hydrogen) atoms. The second kappa shape index (κ2) is 18.0. The summed E-state index contributed by atoms with van der Waals surface area (Å²) in [5.74, 6) is 0.713. The van der Waals surface area contributed by atoms with Crippen LogP contribution in [0.4, 0.5) is 0 Å². The van der Waals surface area contributed by atoms with Crippen molar-refractivity contribution in [3.63, 3.8) is 0 Å². The third-order valence-corrected chi connectivity index (χ3v) is 15.9. The average Bonchev–Trinajstić information content (AvgIpc) is 4.18. The van der Waals surface area contributed by atoms with Gasteiger partial charge in [0.25, 0.3) is 0 Å². The van der Waals surface area contributed by atoms with Crippen LogP contribution in [0, 0.1) is 20.8 Å². The zero-order valence-electron chi connectivity index (χ0n) is 43.5. The van der Waals surface area contributed by atoms with Crippen LogP contribution in [-0.4, -0.2) is 23.7 Å². The molecule has 0 amide bonds. The van der Waals surface area contributed by atoms with Crippen molar-refractivity contribution in [2.75, 3.05) is 0 Å². The zero-order chi connectivity index (χ0) is 52.0. The molecule has 0 saturated carbocycles. The van der Waals surface area contributed by atoms with E-state index in [4.69, 9.17) is 9.97 Å². The lowest BCUT2D eigenvalue weighted by Gasteiger charge is -2.14. The highest BCUT2D eigenvalue weighted by atomic mass is 15.0. The molecule has 0 aliphatic rings. The summed E-state index contributed by atoms with van der Waals surface area (Å²) in [7, 11) is 0. The number of hydrogen-bond donors (Lipinski definition) is 0. The summed E-state index contributed by atoms with van der Waals surface area (Å²) in [6.07, 6.45) is 0. The lowest BCUT2D eigenvalue weighted by molar-refractivity contribution is 1.14. The highest BCUT2D eigenvalue weighted by Crippen LogP contribution is 2.41. The van der Waals surface area contributed by atoms with Gasteiger partial charge < -0.3 is 13.7 Å². The maximum atomic E-state index is 5.06. The van der Waals surface area contributed by atoms with Crippen LogP contribution in [0.1, 0.15) is 16.7 Å². The smallest absolute Gasteiger partial charge is 0.160 e. The molecule has 15 rings (SSSR count). The Kier molecular flexibility index (Phi) is 10.5. The van der Waals surface area contributed by atoms with Gasteiger partial charge in [-0.2, -0.15) is 0 Å². The molecule has 0 fully saturated rings. The van der Waals surface area contributed by atoms with Gasteiger partial charge in [0.15, 0.2) is 5.82 Å². The van der Waals surface area contributed by atoms with E-state index in [1.165, 1.54) is 93.2 Å². The Morgan fingerprint density at radius 2 is 0.641 bits per heavy atom. The molecule has 0 radical (unpaired) electrons. The third-order valence-electron chi connectivity index (χ3n) is 15.9. The van der Waals surface area contributed by atoms with Crippen molar-refractivity contribution in [1.82, 2.24) is 23.7 Å². The van der Waals surface area contributed by atoms with E-state index in [2.05, 4.69) is 265 Å². The zero-order valence-corrected chi connectivity index (χ0v) is 43.5. The first-order valence-corrected chi connectivity index (χ1v) is 26.8. The number of benzene rings is 11. The van der Waals surface area contributed by atoms with Crippen molar-refractivity contribution in [3.05, 3.63) is 271 Å². The largest absolute Gasteiger partial charge is 0.309 e. The lowest BCUT2D eigenvalue weighted by atomic mass is 9.97. The van der Waals surface area contributed by atoms with Crippen molar-refractivity contribution < 1.29 is 0 Å². The van der Waals surface area contributed by atoms with Crippen LogP contribution in [0.15, 0.2) is 255 Å². The Bertz CT molecular complexity index is 4610. The minimum atomic E-state index is 0.713. The van der Waals surface area contributed by atoms with E-state index in [-0.39, 0.29) is 0 Å². The molecule has 15 aromatic rings. The quantitative estimate of drug-likeness (QED) is 0.152. The van der Waals surface area contributed by atoms with Crippen LogP contribution in [0.2, 0.25) is 0 Å². The number of aryl methyl sites for hydroxylation is 3. The molecule has 5 nitrogen and oxygen atoms in total. The van der Waals surface area contributed by atoms with Gasteiger partial charge in [-0.1, -0.05) is 175 Å². The van der Waals surface area contributed by atoms with Crippen LogP contribution < -0.4 is 0 Å². The molecule has 4 heterocycles. The topological polar surface area (TPSA) is 40.6 Å². The third kappa shape index (κ3) is 7.46. The van der Waals surface area contributed by atoms with E-state index < -0.39 is 0 Å². The number of para-hydroxylation sites is 2. The summed E-state index contributed by atoms with van der Waals surface area (Å²) in [5.41, 5.74) is 23.9. The molecule has 0 saturated heterocycles. The van der Waals surface area contributed by atoms with Gasteiger partial charge in [0.2, 0.25) is 0 Å². The van der Waals surface area contributed by atoms with Crippen LogP contribution in [0.25, 0.3) is 139 Å². The predicted molar refractivity (Wildman–Crippen MR) is 326 cm³/mol. The first-order chi connectivity index (χ1) is 38.4. The minimum absolute atomic E-state index is 0.713. The van der Waals surface area contributed by atoms with Crippen molar-refractivity contribution >= 4 is 65.4 Å². The molecule has 0 bridgehead atoms. The van der Waals surface area contributed by atoms with E-state index in [9.17, 15) is 0 Å². The number of fused-ring (bicyclic) bond motifs is 9. The van der Waals surface area contributed by atoms with Gasteiger partial charge in [0.05, 0.1) is 44.5 Å². The van der Waals surface area contributed by atoms with E-state index >= 15 is 0 Å². The summed E-state index contributed by atoms with van der Waals surface area (Å²) >= 11 is 0. The molecule has 368 valence electrons. The van der Waals surface area contributed by atoms with Crippen molar-refractivity contribution in [2.24, 2.45) is 0 Å². The monoisotopic (exact) mass is 997 g/mol. The Labute approximate surface area is 452 Å². The standard InChI is InChI=1S/C73H51N5/c1-46-22-35-69-60(40-46)58-18-10-12-20-67(58)76(69)56-33-38-71-62(43-56)63-44-57(77-68-21-13-11-19-59(68)61-41-47(2)23-36-70(61)77)34-39-72(63)78(71)66-37-32-55(42-48(66)3)51-26-24-49(25-27-51)50-28-30-53(31-29-50)65-45-64(52-14-6-4-7-15-52)74-73(75-65)54-16-8-5-9-17-54/h4-45H,1-3H3. The van der Waals surface area contributed by atoms with Crippen LogP contribution >= 0.6 is 0 Å². The molecule has 0 spiro atoms. The molecular formula is C73H51N5. The Morgan fingerprint density at radius 1 is 0.256 bits per heavy atom. The maximum Gasteiger partial charge on any atom is 0.160 e. The van der Waals surface area contributed by atoms with Crippen molar-refractivity contribution in [1.29, 1.82) is 0 Å². The van der Waals surface area contributed by atoms with E-state index in [1.807, 2.05) is 24.3 Å².